The molecule has 2 aliphatic heterocycles. The topological polar surface area (TPSA) is 78.8 Å². The monoisotopic (exact) mass is 526 g/mol. The van der Waals surface area contributed by atoms with Gasteiger partial charge in [0.15, 0.2) is 0 Å². The first kappa shape index (κ1) is 25.3. The first-order valence-electron chi connectivity index (χ1n) is 11.6. The van der Waals surface area contributed by atoms with E-state index in [-0.39, 0.29) is 12.5 Å². The minimum Gasteiger partial charge on any atom is -0.481 e. The van der Waals surface area contributed by atoms with Crippen molar-refractivity contribution in [3.63, 3.8) is 0 Å². The third-order valence-corrected chi connectivity index (χ3v) is 7.70. The van der Waals surface area contributed by atoms with E-state index < -0.39 is 5.97 Å². The average Bonchev–Trinajstić information content (AvgIpc) is 2.75. The Kier molecular flexibility index (Phi) is 8.08. The lowest BCUT2D eigenvalue weighted by atomic mass is 9.80. The Morgan fingerprint density at radius 2 is 1.97 bits per heavy atom. The summed E-state index contributed by atoms with van der Waals surface area (Å²) < 4.78 is 6.10. The summed E-state index contributed by atoms with van der Waals surface area (Å²) in [5.41, 5.74) is 1.46. The van der Waals surface area contributed by atoms with E-state index in [2.05, 4.69) is 19.8 Å². The molecule has 2 aliphatic rings. The Hall–Kier alpha value is -1.80. The molecule has 0 amide bonds. The zero-order chi connectivity index (χ0) is 24.4. The van der Waals surface area contributed by atoms with Gasteiger partial charge in [-0.3, -0.25) is 4.79 Å². The van der Waals surface area contributed by atoms with Gasteiger partial charge >= 0.3 is 5.97 Å². The highest BCUT2D eigenvalue weighted by atomic mass is 35.5. The fourth-order valence-corrected chi connectivity index (χ4v) is 5.40. The summed E-state index contributed by atoms with van der Waals surface area (Å²) in [4.78, 5) is 24.6. The van der Waals surface area contributed by atoms with E-state index in [9.17, 15) is 4.79 Å². The third kappa shape index (κ3) is 5.88. The SMILES string of the molecule is Cc1nc(N2CC(C3CCCN(CCC(=O)O)C3)C2)nc(O[C@H](C)c2ccc(Cl)cc2Cl)c1Cl. The summed E-state index contributed by atoms with van der Waals surface area (Å²) in [5, 5.41) is 10.4. The van der Waals surface area contributed by atoms with Gasteiger partial charge in [-0.05, 0) is 57.2 Å². The Balaban J connectivity index is 1.39. The fraction of sp³-hybridized carbons (Fsp3) is 0.542. The number of carboxylic acids is 1. The lowest BCUT2D eigenvalue weighted by Crippen LogP contribution is -2.54. The number of hydrogen-bond acceptors (Lipinski definition) is 6. The summed E-state index contributed by atoms with van der Waals surface area (Å²) in [6, 6.07) is 5.29. The van der Waals surface area contributed by atoms with Crippen LogP contribution in [0.3, 0.4) is 0 Å². The Labute approximate surface area is 215 Å². The van der Waals surface area contributed by atoms with Crippen LogP contribution in [0, 0.1) is 18.8 Å². The average molecular weight is 528 g/mol. The van der Waals surface area contributed by atoms with Gasteiger partial charge in [-0.1, -0.05) is 40.9 Å². The van der Waals surface area contributed by atoms with Crippen LogP contribution in [0.2, 0.25) is 15.1 Å². The zero-order valence-corrected chi connectivity index (χ0v) is 21.6. The molecule has 34 heavy (non-hydrogen) atoms. The van der Waals surface area contributed by atoms with Crippen LogP contribution < -0.4 is 9.64 Å². The van der Waals surface area contributed by atoms with Gasteiger partial charge in [-0.2, -0.15) is 4.98 Å². The van der Waals surface area contributed by atoms with E-state index in [1.54, 1.807) is 12.1 Å². The fourth-order valence-electron chi connectivity index (χ4n) is 4.71. The maximum atomic E-state index is 10.9. The van der Waals surface area contributed by atoms with E-state index in [4.69, 9.17) is 44.6 Å². The van der Waals surface area contributed by atoms with Crippen molar-refractivity contribution < 1.29 is 14.6 Å². The molecule has 2 aromatic rings. The van der Waals surface area contributed by atoms with E-state index in [0.717, 1.165) is 38.2 Å². The molecule has 0 spiro atoms. The predicted octanol–water partition coefficient (Wildman–Crippen LogP) is 5.51. The van der Waals surface area contributed by atoms with Gasteiger partial charge in [0.05, 0.1) is 12.1 Å². The second-order valence-electron chi connectivity index (χ2n) is 9.17. The number of ether oxygens (including phenoxy) is 1. The van der Waals surface area contributed by atoms with Gasteiger partial charge < -0.3 is 19.6 Å². The summed E-state index contributed by atoms with van der Waals surface area (Å²) in [6.45, 7) is 8.04. The first-order valence-corrected chi connectivity index (χ1v) is 12.7. The highest BCUT2D eigenvalue weighted by Gasteiger charge is 2.37. The molecule has 1 aromatic carbocycles. The summed E-state index contributed by atoms with van der Waals surface area (Å²) in [7, 11) is 0. The summed E-state index contributed by atoms with van der Waals surface area (Å²) in [6.07, 6.45) is 2.12. The number of aliphatic carboxylic acids is 1. The van der Waals surface area contributed by atoms with Crippen LogP contribution in [0.25, 0.3) is 0 Å². The molecule has 0 radical (unpaired) electrons. The lowest BCUT2D eigenvalue weighted by Gasteiger charge is -2.46. The first-order chi connectivity index (χ1) is 16.2. The predicted molar refractivity (Wildman–Crippen MR) is 134 cm³/mol. The van der Waals surface area contributed by atoms with Crippen molar-refractivity contribution in [2.24, 2.45) is 11.8 Å². The molecule has 2 saturated heterocycles. The van der Waals surface area contributed by atoms with Crippen molar-refractivity contribution in [2.75, 3.05) is 37.6 Å². The van der Waals surface area contributed by atoms with Crippen molar-refractivity contribution in [2.45, 2.75) is 39.2 Å². The molecular formula is C24H29Cl3N4O3. The number of aryl methyl sites for hydroxylation is 1. The van der Waals surface area contributed by atoms with Gasteiger partial charge in [-0.25, -0.2) is 4.98 Å². The second-order valence-corrected chi connectivity index (χ2v) is 10.4. The van der Waals surface area contributed by atoms with Gasteiger partial charge in [-0.15, -0.1) is 0 Å². The van der Waals surface area contributed by atoms with Crippen molar-refractivity contribution in [1.29, 1.82) is 0 Å². The number of carbonyl (C=O) groups is 1. The van der Waals surface area contributed by atoms with Crippen LogP contribution in [0.1, 0.15) is 43.5 Å². The molecule has 4 rings (SSSR count). The van der Waals surface area contributed by atoms with Crippen LogP contribution in [0.15, 0.2) is 18.2 Å². The number of halogens is 3. The van der Waals surface area contributed by atoms with Gasteiger partial charge in [0.25, 0.3) is 0 Å². The van der Waals surface area contributed by atoms with Crippen LogP contribution in [0.5, 0.6) is 5.88 Å². The normalized spacial score (nSPS) is 20.1. The maximum Gasteiger partial charge on any atom is 0.304 e. The summed E-state index contributed by atoms with van der Waals surface area (Å²) >= 11 is 18.8. The number of carboxylic acid groups (broad SMARTS) is 1. The van der Waals surface area contributed by atoms with Crippen molar-refractivity contribution in [3.05, 3.63) is 44.5 Å². The van der Waals surface area contributed by atoms with Gasteiger partial charge in [0.1, 0.15) is 11.1 Å². The Morgan fingerprint density at radius 1 is 1.21 bits per heavy atom. The number of aromatic nitrogens is 2. The number of likely N-dealkylation sites (tertiary alicyclic amines) is 1. The molecule has 0 saturated carbocycles. The minimum absolute atomic E-state index is 0.198. The molecule has 3 heterocycles. The number of nitrogens with zero attached hydrogens (tertiary/aromatic N) is 4. The highest BCUT2D eigenvalue weighted by molar-refractivity contribution is 6.35. The number of hydrogen-bond donors (Lipinski definition) is 1. The molecule has 7 nitrogen and oxygen atoms in total. The quantitative estimate of drug-likeness (QED) is 0.485. The molecule has 0 bridgehead atoms. The molecule has 0 aliphatic carbocycles. The van der Waals surface area contributed by atoms with Crippen LogP contribution in [-0.4, -0.2) is 58.7 Å². The molecular weight excluding hydrogens is 499 g/mol. The number of piperidine rings is 1. The second kappa shape index (κ2) is 10.9. The number of rotatable bonds is 8. The number of anilines is 1. The number of benzene rings is 1. The smallest absolute Gasteiger partial charge is 0.304 e. The van der Waals surface area contributed by atoms with Crippen LogP contribution in [0.4, 0.5) is 5.95 Å². The van der Waals surface area contributed by atoms with Crippen molar-refractivity contribution in [1.82, 2.24) is 14.9 Å². The molecule has 1 aromatic heterocycles. The molecule has 10 heteroatoms. The third-order valence-electron chi connectivity index (χ3n) is 6.71. The molecule has 2 fully saturated rings. The maximum absolute atomic E-state index is 10.9. The van der Waals surface area contributed by atoms with Crippen molar-refractivity contribution in [3.8, 4) is 5.88 Å². The lowest BCUT2D eigenvalue weighted by molar-refractivity contribution is -0.137. The molecule has 2 atom stereocenters. The highest BCUT2D eigenvalue weighted by Crippen LogP contribution is 2.37. The van der Waals surface area contributed by atoms with Gasteiger partial charge in [0.2, 0.25) is 11.8 Å². The zero-order valence-electron chi connectivity index (χ0n) is 19.3. The molecule has 1 N–H and O–H groups in total. The van der Waals surface area contributed by atoms with E-state index in [0.29, 0.717) is 51.0 Å². The van der Waals surface area contributed by atoms with Crippen LogP contribution >= 0.6 is 34.8 Å². The Bertz CT molecular complexity index is 1050. The molecule has 1 unspecified atom stereocenters. The van der Waals surface area contributed by atoms with Crippen LogP contribution in [-0.2, 0) is 4.79 Å². The Morgan fingerprint density at radius 3 is 2.68 bits per heavy atom. The van der Waals surface area contributed by atoms with E-state index >= 15 is 0 Å². The largest absolute Gasteiger partial charge is 0.481 e. The minimum atomic E-state index is -0.738. The van der Waals surface area contributed by atoms with Crippen molar-refractivity contribution >= 4 is 46.7 Å². The van der Waals surface area contributed by atoms with Gasteiger partial charge in [0, 0.05) is 41.8 Å². The standard InChI is InChI=1S/C24H29Cl3N4O3/c1-14-22(27)23(34-15(2)19-6-5-18(25)10-20(19)26)29-24(28-14)31-12-17(13-31)16-4-3-8-30(11-16)9-7-21(32)33/h5-6,10,15-17H,3-4,7-9,11-13H2,1-2H3,(H,32,33)/t15-,16?/m1/s1. The molecule has 184 valence electrons. The van der Waals surface area contributed by atoms with E-state index in [1.165, 1.54) is 6.42 Å². The summed E-state index contributed by atoms with van der Waals surface area (Å²) in [5.74, 6) is 1.32. The van der Waals surface area contributed by atoms with E-state index in [1.807, 2.05) is 19.9 Å².